The van der Waals surface area contributed by atoms with Crippen molar-refractivity contribution in [3.05, 3.63) is 23.3 Å². The molecule has 0 spiro atoms. The number of aliphatic imine (C=N–C) groups is 1. The Morgan fingerprint density at radius 2 is 2.00 bits per heavy atom. The van der Waals surface area contributed by atoms with E-state index in [-0.39, 0.29) is 17.2 Å². The Morgan fingerprint density at radius 3 is 2.45 bits per heavy atom. The van der Waals surface area contributed by atoms with Crippen molar-refractivity contribution in [2.45, 2.75) is 40.2 Å². The van der Waals surface area contributed by atoms with Crippen LogP contribution in [0.15, 0.2) is 28.3 Å². The molecule has 0 aliphatic carbocycles. The minimum Gasteiger partial charge on any atom is -0.443 e. The summed E-state index contributed by atoms with van der Waals surface area (Å²) in [5.74, 6) is 0.389. The maximum absolute atomic E-state index is 12.1. The fraction of sp³-hybridized carbons (Fsp3) is 0.467. The van der Waals surface area contributed by atoms with E-state index in [0.29, 0.717) is 11.5 Å². The van der Waals surface area contributed by atoms with Crippen LogP contribution in [0.25, 0.3) is 0 Å². The number of nitrogens with one attached hydrogen (secondary N) is 2. The minimum absolute atomic E-state index is 0.141. The van der Waals surface area contributed by atoms with Crippen molar-refractivity contribution in [1.29, 1.82) is 5.41 Å². The summed E-state index contributed by atoms with van der Waals surface area (Å²) >= 11 is 0. The zero-order valence-electron chi connectivity index (χ0n) is 13.8. The molecule has 1 aliphatic heterocycles. The van der Waals surface area contributed by atoms with Crippen LogP contribution in [-0.4, -0.2) is 41.4 Å². The van der Waals surface area contributed by atoms with Gasteiger partial charge in [0.25, 0.3) is 0 Å². The number of hydrogen-bond acceptors (Lipinski definition) is 6. The topological polar surface area (TPSA) is 94.9 Å². The normalized spacial score (nSPS) is 16.8. The van der Waals surface area contributed by atoms with E-state index in [4.69, 9.17) is 10.1 Å². The number of amides is 1. The van der Waals surface area contributed by atoms with Gasteiger partial charge >= 0.3 is 6.09 Å². The molecular formula is C15H22N4O3. The number of carbonyl (C=O) groups excluding carboxylic acids is 2. The van der Waals surface area contributed by atoms with Gasteiger partial charge in [0.05, 0.1) is 5.57 Å². The van der Waals surface area contributed by atoms with Crippen LogP contribution in [0.5, 0.6) is 0 Å². The highest BCUT2D eigenvalue weighted by Gasteiger charge is 2.24. The lowest BCUT2D eigenvalue weighted by Crippen LogP contribution is -2.39. The zero-order valence-corrected chi connectivity index (χ0v) is 13.8. The summed E-state index contributed by atoms with van der Waals surface area (Å²) in [7, 11) is 1.56. The molecule has 0 bridgehead atoms. The molecule has 7 heteroatoms. The number of Topliss-reactive ketones (excluding diaryl/α,β-unsaturated/α-hetero) is 1. The van der Waals surface area contributed by atoms with Gasteiger partial charge in [-0.3, -0.25) is 9.69 Å². The number of ketones is 1. The van der Waals surface area contributed by atoms with Gasteiger partial charge in [-0.25, -0.2) is 9.79 Å². The molecule has 120 valence electrons. The van der Waals surface area contributed by atoms with Gasteiger partial charge in [0.15, 0.2) is 5.78 Å². The maximum atomic E-state index is 12.1. The van der Waals surface area contributed by atoms with E-state index < -0.39 is 11.7 Å². The lowest BCUT2D eigenvalue weighted by Gasteiger charge is -2.28. The van der Waals surface area contributed by atoms with Gasteiger partial charge in [0.1, 0.15) is 17.2 Å². The molecule has 0 fully saturated rings. The molecule has 1 heterocycles. The van der Waals surface area contributed by atoms with Crippen LogP contribution >= 0.6 is 0 Å². The second kappa shape index (κ2) is 6.55. The fourth-order valence-electron chi connectivity index (χ4n) is 1.67. The standard InChI is InChI=1S/C15H22N4O3/c1-9-7-12(19(6)14(21)22-15(3,4)5)18-13(17-9)11(8-16)10(2)20/h7-8,16,18H,1-6H3/b13-11+,16-8?. The summed E-state index contributed by atoms with van der Waals surface area (Å²) < 4.78 is 5.30. The maximum Gasteiger partial charge on any atom is 0.415 e. The summed E-state index contributed by atoms with van der Waals surface area (Å²) in [6.07, 6.45) is 2.08. The Bertz CT molecular complexity index is 594. The first-order valence-corrected chi connectivity index (χ1v) is 6.81. The summed E-state index contributed by atoms with van der Waals surface area (Å²) in [5.41, 5.74) is 0.143. The van der Waals surface area contributed by atoms with E-state index in [0.717, 1.165) is 6.21 Å². The van der Waals surface area contributed by atoms with Gasteiger partial charge in [0, 0.05) is 25.0 Å². The van der Waals surface area contributed by atoms with Gasteiger partial charge < -0.3 is 15.5 Å². The number of nitrogens with zero attached hydrogens (tertiary/aromatic N) is 2. The first-order chi connectivity index (χ1) is 10.0. The third kappa shape index (κ3) is 4.54. The lowest BCUT2D eigenvalue weighted by molar-refractivity contribution is -0.113. The zero-order chi connectivity index (χ0) is 17.1. The summed E-state index contributed by atoms with van der Waals surface area (Å²) in [5, 5.41) is 10.2. The van der Waals surface area contributed by atoms with Crippen molar-refractivity contribution in [2.75, 3.05) is 7.05 Å². The molecule has 1 aliphatic rings. The molecule has 0 aromatic carbocycles. The minimum atomic E-state index is -0.609. The average molecular weight is 306 g/mol. The monoisotopic (exact) mass is 306 g/mol. The van der Waals surface area contributed by atoms with E-state index >= 15 is 0 Å². The molecule has 0 saturated carbocycles. The first-order valence-electron chi connectivity index (χ1n) is 6.81. The molecule has 2 N–H and O–H groups in total. The summed E-state index contributed by atoms with van der Waals surface area (Å²) in [4.78, 5) is 29.1. The van der Waals surface area contributed by atoms with Crippen molar-refractivity contribution in [3.63, 3.8) is 0 Å². The molecule has 0 unspecified atom stereocenters. The molecule has 0 atom stereocenters. The predicted octanol–water partition coefficient (Wildman–Crippen LogP) is 2.21. The highest BCUT2D eigenvalue weighted by molar-refractivity contribution is 6.12. The molecule has 0 radical (unpaired) electrons. The smallest absolute Gasteiger partial charge is 0.415 e. The van der Waals surface area contributed by atoms with Crippen LogP contribution in [0.4, 0.5) is 4.79 Å². The number of rotatable bonds is 3. The van der Waals surface area contributed by atoms with Gasteiger partial charge in [-0.2, -0.15) is 0 Å². The first kappa shape index (κ1) is 17.6. The SMILES string of the molecule is CC(=O)/C(C=N)=C1\N=C(C)C=C(N(C)C(=O)OC(C)(C)C)N1. The van der Waals surface area contributed by atoms with E-state index in [1.807, 2.05) is 0 Å². The van der Waals surface area contributed by atoms with Crippen molar-refractivity contribution < 1.29 is 14.3 Å². The van der Waals surface area contributed by atoms with Gasteiger partial charge in [0.2, 0.25) is 0 Å². The molecule has 1 amide bonds. The molecule has 7 nitrogen and oxygen atoms in total. The molecule has 0 saturated heterocycles. The highest BCUT2D eigenvalue weighted by Crippen LogP contribution is 2.16. The average Bonchev–Trinajstić information content (AvgIpc) is 2.35. The van der Waals surface area contributed by atoms with E-state index in [1.165, 1.54) is 11.8 Å². The fourth-order valence-corrected chi connectivity index (χ4v) is 1.67. The van der Waals surface area contributed by atoms with Crippen LogP contribution in [0.3, 0.4) is 0 Å². The second-order valence-electron chi connectivity index (χ2n) is 5.91. The van der Waals surface area contributed by atoms with Gasteiger partial charge in [-0.05, 0) is 34.6 Å². The molecule has 0 aromatic rings. The molecule has 1 rings (SSSR count). The van der Waals surface area contributed by atoms with Crippen LogP contribution in [0, 0.1) is 5.41 Å². The van der Waals surface area contributed by atoms with Gasteiger partial charge in [-0.1, -0.05) is 0 Å². The summed E-state index contributed by atoms with van der Waals surface area (Å²) in [6.45, 7) is 8.44. The Balaban J connectivity index is 3.08. The highest BCUT2D eigenvalue weighted by atomic mass is 16.6. The van der Waals surface area contributed by atoms with Crippen molar-refractivity contribution >= 4 is 23.8 Å². The number of hydrogen-bond donors (Lipinski definition) is 2. The Hall–Kier alpha value is -2.44. The van der Waals surface area contributed by atoms with Crippen LogP contribution in [-0.2, 0) is 9.53 Å². The Labute approximate surface area is 130 Å². The summed E-state index contributed by atoms with van der Waals surface area (Å²) in [6, 6.07) is 0. The van der Waals surface area contributed by atoms with Crippen molar-refractivity contribution in [3.8, 4) is 0 Å². The second-order valence-corrected chi connectivity index (χ2v) is 5.91. The Kier molecular flexibility index (Phi) is 5.24. The van der Waals surface area contributed by atoms with E-state index in [1.54, 1.807) is 40.8 Å². The van der Waals surface area contributed by atoms with E-state index in [2.05, 4.69) is 10.3 Å². The number of ether oxygens (including phenoxy) is 1. The van der Waals surface area contributed by atoms with Gasteiger partial charge in [-0.15, -0.1) is 0 Å². The van der Waals surface area contributed by atoms with Crippen LogP contribution in [0.2, 0.25) is 0 Å². The Morgan fingerprint density at radius 1 is 1.41 bits per heavy atom. The van der Waals surface area contributed by atoms with Crippen molar-refractivity contribution in [1.82, 2.24) is 10.2 Å². The molecular weight excluding hydrogens is 284 g/mol. The molecule has 22 heavy (non-hydrogen) atoms. The number of allylic oxidation sites excluding steroid dienone is 2. The lowest BCUT2D eigenvalue weighted by atomic mass is 10.2. The van der Waals surface area contributed by atoms with E-state index in [9.17, 15) is 9.59 Å². The molecule has 0 aromatic heterocycles. The largest absolute Gasteiger partial charge is 0.443 e. The third-order valence-electron chi connectivity index (χ3n) is 2.69. The van der Waals surface area contributed by atoms with Crippen molar-refractivity contribution in [2.24, 2.45) is 4.99 Å². The quantitative estimate of drug-likeness (QED) is 0.617. The third-order valence-corrected chi connectivity index (χ3v) is 2.69. The van der Waals surface area contributed by atoms with Crippen LogP contribution in [0.1, 0.15) is 34.6 Å². The number of carbonyl (C=O) groups is 2. The predicted molar refractivity (Wildman–Crippen MR) is 84.8 cm³/mol. The van der Waals surface area contributed by atoms with Crippen LogP contribution < -0.4 is 5.32 Å².